The molecule has 0 bridgehead atoms. The Labute approximate surface area is 174 Å². The van der Waals surface area contributed by atoms with E-state index in [1.807, 2.05) is 0 Å². The molecule has 0 aromatic carbocycles. The van der Waals surface area contributed by atoms with E-state index in [1.165, 1.54) is 6.92 Å². The smallest absolute Gasteiger partial charge is 0.432 e. The van der Waals surface area contributed by atoms with Crippen LogP contribution < -0.4 is 0 Å². The molecule has 3 aliphatic carbocycles. The highest BCUT2D eigenvalue weighted by molar-refractivity contribution is 7.86. The molecule has 0 spiro atoms. The third-order valence-corrected chi connectivity index (χ3v) is 7.51. The minimum Gasteiger partial charge on any atom is -0.455 e. The molecule has 176 valence electrons. The third-order valence-electron chi connectivity index (χ3n) is 6.61. The van der Waals surface area contributed by atoms with Gasteiger partial charge in [0.2, 0.25) is 0 Å². The quantitative estimate of drug-likeness (QED) is 0.272. The van der Waals surface area contributed by atoms with Gasteiger partial charge in [0.25, 0.3) is 6.10 Å². The molecule has 13 heteroatoms. The molecule has 0 heterocycles. The van der Waals surface area contributed by atoms with Crippen LogP contribution in [0.25, 0.3) is 0 Å². The van der Waals surface area contributed by atoms with Crippen molar-refractivity contribution in [1.82, 2.24) is 0 Å². The Morgan fingerprint density at radius 1 is 1.19 bits per heavy atom. The SMILES string of the molecule is C=C(C)C(=O)OC12CC3CC(C)C(C(=O)OC(C(F)(F)F)C(F)(F)S(=O)(=O)O)C(C1)C32. The second kappa shape index (κ2) is 7.12. The predicted octanol–water partition coefficient (Wildman–Crippen LogP) is 3.11. The fourth-order valence-corrected chi connectivity index (χ4v) is 5.87. The van der Waals surface area contributed by atoms with Crippen LogP contribution in [-0.2, 0) is 29.2 Å². The van der Waals surface area contributed by atoms with E-state index in [0.717, 1.165) is 0 Å². The van der Waals surface area contributed by atoms with Gasteiger partial charge in [-0.05, 0) is 43.9 Å². The number of rotatable bonds is 6. The van der Waals surface area contributed by atoms with Gasteiger partial charge in [-0.1, -0.05) is 13.5 Å². The van der Waals surface area contributed by atoms with Gasteiger partial charge in [-0.3, -0.25) is 9.35 Å². The molecule has 0 amide bonds. The van der Waals surface area contributed by atoms with Crippen LogP contribution in [0.5, 0.6) is 0 Å². The van der Waals surface area contributed by atoms with Crippen molar-refractivity contribution in [3.05, 3.63) is 12.2 Å². The number of alkyl halides is 5. The summed E-state index contributed by atoms with van der Waals surface area (Å²) < 4.78 is 106. The van der Waals surface area contributed by atoms with Crippen LogP contribution in [0, 0.1) is 29.6 Å². The topological polar surface area (TPSA) is 107 Å². The Kier molecular flexibility index (Phi) is 5.49. The number of halogens is 5. The Hall–Kier alpha value is -1.76. The maximum Gasteiger partial charge on any atom is 0.432 e. The Balaban J connectivity index is 1.80. The fourth-order valence-electron chi connectivity index (χ4n) is 5.41. The van der Waals surface area contributed by atoms with E-state index in [1.54, 1.807) is 6.92 Å². The molecule has 0 aromatic heterocycles. The molecule has 3 saturated carbocycles. The first kappa shape index (κ1) is 23.9. The van der Waals surface area contributed by atoms with E-state index in [-0.39, 0.29) is 23.8 Å². The summed E-state index contributed by atoms with van der Waals surface area (Å²) in [6, 6.07) is 0. The lowest BCUT2D eigenvalue weighted by Crippen LogP contribution is -2.73. The number of carbonyl (C=O) groups excluding carboxylic acids is 2. The third kappa shape index (κ3) is 3.73. The monoisotopic (exact) mass is 476 g/mol. The van der Waals surface area contributed by atoms with Gasteiger partial charge in [0.1, 0.15) is 5.60 Å². The molecule has 0 aliphatic heterocycles. The highest BCUT2D eigenvalue weighted by Gasteiger charge is 2.73. The van der Waals surface area contributed by atoms with Gasteiger partial charge in [-0.25, -0.2) is 4.79 Å². The summed E-state index contributed by atoms with van der Waals surface area (Å²) in [5.41, 5.74) is -0.715. The van der Waals surface area contributed by atoms with Crippen LogP contribution in [0.15, 0.2) is 12.2 Å². The number of hydrogen-bond acceptors (Lipinski definition) is 6. The fraction of sp³-hybridized carbons (Fsp3) is 0.778. The second-order valence-electron chi connectivity index (χ2n) is 8.73. The molecule has 7 atom stereocenters. The maximum atomic E-state index is 13.8. The van der Waals surface area contributed by atoms with Gasteiger partial charge in [0, 0.05) is 11.5 Å². The van der Waals surface area contributed by atoms with Crippen molar-refractivity contribution in [2.75, 3.05) is 0 Å². The van der Waals surface area contributed by atoms with Crippen LogP contribution in [0.1, 0.15) is 33.1 Å². The Morgan fingerprint density at radius 3 is 2.26 bits per heavy atom. The van der Waals surface area contributed by atoms with Crippen molar-refractivity contribution >= 4 is 22.1 Å². The van der Waals surface area contributed by atoms with Crippen molar-refractivity contribution in [3.63, 3.8) is 0 Å². The van der Waals surface area contributed by atoms with E-state index >= 15 is 0 Å². The molecule has 7 nitrogen and oxygen atoms in total. The van der Waals surface area contributed by atoms with Gasteiger partial charge in [-0.2, -0.15) is 30.4 Å². The average Bonchev–Trinajstić information content (AvgIpc) is 2.54. The molecular weight excluding hydrogens is 455 g/mol. The minimum absolute atomic E-state index is 0.0494. The lowest BCUT2D eigenvalue weighted by atomic mass is 9.37. The standard InChI is InChI=1S/C18H21F5O7S/c1-7(2)13(24)30-16-5-9-4-8(3)11(10(6-16)12(9)16)14(25)29-15(17(19,20)21)18(22,23)31(26,27)28/h8-12,15H,1,4-6H2,2-3H3,(H,26,27,28). The van der Waals surface area contributed by atoms with Crippen LogP contribution >= 0.6 is 0 Å². The minimum atomic E-state index is -6.51. The zero-order valence-electron chi connectivity index (χ0n) is 16.5. The van der Waals surface area contributed by atoms with E-state index < -0.39 is 62.9 Å². The van der Waals surface area contributed by atoms with Crippen molar-refractivity contribution in [2.45, 2.75) is 56.2 Å². The molecule has 7 unspecified atom stereocenters. The normalized spacial score (nSPS) is 35.7. The van der Waals surface area contributed by atoms with E-state index in [2.05, 4.69) is 11.3 Å². The molecule has 0 aromatic rings. The molecule has 3 fully saturated rings. The van der Waals surface area contributed by atoms with Gasteiger partial charge in [0.15, 0.2) is 0 Å². The summed E-state index contributed by atoms with van der Waals surface area (Å²) in [5.74, 6) is -4.87. The maximum absolute atomic E-state index is 13.8. The lowest BCUT2D eigenvalue weighted by Gasteiger charge is -2.70. The highest BCUT2D eigenvalue weighted by Crippen LogP contribution is 2.70. The van der Waals surface area contributed by atoms with E-state index in [4.69, 9.17) is 9.29 Å². The Bertz CT molecular complexity index is 915. The summed E-state index contributed by atoms with van der Waals surface area (Å²) >= 11 is 0. The summed E-state index contributed by atoms with van der Waals surface area (Å²) in [5, 5.41) is -5.78. The van der Waals surface area contributed by atoms with Crippen molar-refractivity contribution < 1.29 is 54.0 Å². The number of ether oxygens (including phenoxy) is 2. The first-order chi connectivity index (χ1) is 13.9. The molecule has 3 rings (SSSR count). The second-order valence-corrected chi connectivity index (χ2v) is 10.2. The molecule has 3 aliphatic rings. The predicted molar refractivity (Wildman–Crippen MR) is 93.0 cm³/mol. The number of hydrogen-bond donors (Lipinski definition) is 1. The van der Waals surface area contributed by atoms with Gasteiger partial charge < -0.3 is 9.47 Å². The summed E-state index contributed by atoms with van der Waals surface area (Å²) in [4.78, 5) is 24.4. The zero-order chi connectivity index (χ0) is 23.7. The van der Waals surface area contributed by atoms with Crippen molar-refractivity contribution in [3.8, 4) is 0 Å². The molecule has 1 N–H and O–H groups in total. The van der Waals surface area contributed by atoms with Gasteiger partial charge in [-0.15, -0.1) is 0 Å². The van der Waals surface area contributed by atoms with E-state index in [9.17, 15) is 40.0 Å². The highest BCUT2D eigenvalue weighted by atomic mass is 32.2. The zero-order valence-corrected chi connectivity index (χ0v) is 17.3. The van der Waals surface area contributed by atoms with Crippen LogP contribution in [0.2, 0.25) is 0 Å². The average molecular weight is 476 g/mol. The molecule has 0 saturated heterocycles. The summed E-state index contributed by atoms with van der Waals surface area (Å²) in [7, 11) is -6.51. The lowest BCUT2D eigenvalue weighted by molar-refractivity contribution is -0.297. The number of carbonyl (C=O) groups is 2. The van der Waals surface area contributed by atoms with Crippen LogP contribution in [-0.4, -0.2) is 48.0 Å². The van der Waals surface area contributed by atoms with Crippen LogP contribution in [0.4, 0.5) is 22.0 Å². The number of esters is 2. The largest absolute Gasteiger partial charge is 0.455 e. The van der Waals surface area contributed by atoms with Crippen molar-refractivity contribution in [1.29, 1.82) is 0 Å². The first-order valence-electron chi connectivity index (χ1n) is 9.43. The van der Waals surface area contributed by atoms with E-state index in [0.29, 0.717) is 12.8 Å². The van der Waals surface area contributed by atoms with Gasteiger partial charge >= 0.3 is 33.5 Å². The Morgan fingerprint density at radius 2 is 1.77 bits per heavy atom. The summed E-state index contributed by atoms with van der Waals surface area (Å²) in [6.45, 7) is 6.48. The molecule has 0 radical (unpaired) electrons. The first-order valence-corrected chi connectivity index (χ1v) is 10.9. The molecular formula is C18H21F5O7S. The van der Waals surface area contributed by atoms with Gasteiger partial charge in [0.05, 0.1) is 5.92 Å². The van der Waals surface area contributed by atoms with Crippen LogP contribution in [0.3, 0.4) is 0 Å². The summed E-state index contributed by atoms with van der Waals surface area (Å²) in [6.07, 6.45) is -9.28. The van der Waals surface area contributed by atoms with Crippen molar-refractivity contribution in [2.24, 2.45) is 29.6 Å². The molecule has 31 heavy (non-hydrogen) atoms.